The molecule has 0 aliphatic heterocycles. The average molecular weight is 248 g/mol. The molecule has 2 rings (SSSR count). The number of carbonyl (C=O) groups is 1. The van der Waals surface area contributed by atoms with Gasteiger partial charge in [0.15, 0.2) is 0 Å². The number of hydrogen-bond donors (Lipinski definition) is 1. The van der Waals surface area contributed by atoms with E-state index in [0.717, 1.165) is 0 Å². The first-order valence-electron chi connectivity index (χ1n) is 5.24. The quantitative estimate of drug-likeness (QED) is 0.824. The van der Waals surface area contributed by atoms with Gasteiger partial charge in [0.1, 0.15) is 5.69 Å². The third kappa shape index (κ3) is 1.90. The van der Waals surface area contributed by atoms with Gasteiger partial charge in [0.05, 0.1) is 11.9 Å². The fourth-order valence-corrected chi connectivity index (χ4v) is 1.69. The lowest BCUT2D eigenvalue weighted by atomic mass is 10.2. The van der Waals surface area contributed by atoms with Crippen molar-refractivity contribution in [2.24, 2.45) is 7.05 Å². The highest BCUT2D eigenvalue weighted by atomic mass is 16.4. The molecule has 0 aliphatic carbocycles. The maximum atomic E-state index is 11.6. The van der Waals surface area contributed by atoms with Gasteiger partial charge in [-0.15, -0.1) is 0 Å². The van der Waals surface area contributed by atoms with Gasteiger partial charge in [0, 0.05) is 18.8 Å². The fourth-order valence-electron chi connectivity index (χ4n) is 1.69. The minimum absolute atomic E-state index is 0.325. The first kappa shape index (κ1) is 12.0. The lowest BCUT2D eigenvalue weighted by Gasteiger charge is -2.05. The molecular weight excluding hydrogens is 236 g/mol. The standard InChI is InChI=1S/C11H12N4O3/c1-6-4-15(8-5-14(3)12-7(8)2)13-9(10(6)16)11(17)18/h4-5H,1-3H3,(H,17,18). The van der Waals surface area contributed by atoms with Crippen molar-refractivity contribution >= 4 is 5.97 Å². The van der Waals surface area contributed by atoms with Crippen molar-refractivity contribution in [3.05, 3.63) is 39.6 Å². The van der Waals surface area contributed by atoms with Crippen molar-refractivity contribution in [1.82, 2.24) is 19.6 Å². The topological polar surface area (TPSA) is 90.0 Å². The zero-order valence-corrected chi connectivity index (χ0v) is 10.2. The van der Waals surface area contributed by atoms with E-state index in [1.165, 1.54) is 10.9 Å². The molecule has 0 fully saturated rings. The number of hydrogen-bond acceptors (Lipinski definition) is 4. The molecule has 2 aromatic rings. The minimum atomic E-state index is -1.33. The summed E-state index contributed by atoms with van der Waals surface area (Å²) in [6, 6.07) is 0. The predicted octanol–water partition coefficient (Wildman–Crippen LogP) is 0.281. The van der Waals surface area contributed by atoms with E-state index in [0.29, 0.717) is 16.9 Å². The molecule has 1 N–H and O–H groups in total. The number of aryl methyl sites for hydroxylation is 3. The van der Waals surface area contributed by atoms with E-state index in [2.05, 4.69) is 10.2 Å². The van der Waals surface area contributed by atoms with Gasteiger partial charge < -0.3 is 5.11 Å². The maximum absolute atomic E-state index is 11.6. The van der Waals surface area contributed by atoms with Gasteiger partial charge in [-0.1, -0.05) is 0 Å². The van der Waals surface area contributed by atoms with Crippen LogP contribution in [0.1, 0.15) is 21.7 Å². The second-order valence-corrected chi connectivity index (χ2v) is 4.01. The Kier molecular flexibility index (Phi) is 2.74. The van der Waals surface area contributed by atoms with E-state index in [1.807, 2.05) is 0 Å². The number of nitrogens with zero attached hydrogens (tertiary/aromatic N) is 4. The molecule has 0 aromatic carbocycles. The predicted molar refractivity (Wildman–Crippen MR) is 63.0 cm³/mol. The van der Waals surface area contributed by atoms with Crippen molar-refractivity contribution in [2.45, 2.75) is 13.8 Å². The summed E-state index contributed by atoms with van der Waals surface area (Å²) < 4.78 is 2.96. The first-order valence-corrected chi connectivity index (χ1v) is 5.24. The van der Waals surface area contributed by atoms with E-state index >= 15 is 0 Å². The summed E-state index contributed by atoms with van der Waals surface area (Å²) in [6.07, 6.45) is 3.21. The molecule has 0 spiro atoms. The van der Waals surface area contributed by atoms with Crippen LogP contribution in [0.5, 0.6) is 0 Å². The zero-order valence-electron chi connectivity index (χ0n) is 10.2. The molecule has 0 saturated heterocycles. The second-order valence-electron chi connectivity index (χ2n) is 4.01. The normalized spacial score (nSPS) is 10.6. The molecule has 7 nitrogen and oxygen atoms in total. The Hall–Kier alpha value is -2.44. The summed E-state index contributed by atoms with van der Waals surface area (Å²) >= 11 is 0. The molecule has 2 aromatic heterocycles. The van der Waals surface area contributed by atoms with Crippen molar-refractivity contribution in [2.75, 3.05) is 0 Å². The largest absolute Gasteiger partial charge is 0.476 e. The molecule has 0 atom stereocenters. The van der Waals surface area contributed by atoms with Crippen molar-refractivity contribution < 1.29 is 9.90 Å². The van der Waals surface area contributed by atoms with Gasteiger partial charge in [-0.2, -0.15) is 10.2 Å². The van der Waals surface area contributed by atoms with Gasteiger partial charge in [0.25, 0.3) is 0 Å². The number of carboxylic acids is 1. The van der Waals surface area contributed by atoms with Gasteiger partial charge in [-0.3, -0.25) is 9.48 Å². The molecule has 94 valence electrons. The smallest absolute Gasteiger partial charge is 0.360 e. The van der Waals surface area contributed by atoms with Gasteiger partial charge in [0.2, 0.25) is 11.1 Å². The third-order valence-corrected chi connectivity index (χ3v) is 2.53. The Bertz CT molecular complexity index is 684. The van der Waals surface area contributed by atoms with Gasteiger partial charge >= 0.3 is 5.97 Å². The third-order valence-electron chi connectivity index (χ3n) is 2.53. The molecule has 7 heteroatoms. The summed E-state index contributed by atoms with van der Waals surface area (Å²) in [6.45, 7) is 3.34. The monoisotopic (exact) mass is 248 g/mol. The SMILES string of the molecule is Cc1nn(C)cc1-n1cc(C)c(=O)c(C(=O)O)n1. The van der Waals surface area contributed by atoms with Crippen LogP contribution in [-0.2, 0) is 7.05 Å². The van der Waals surface area contributed by atoms with Crippen LogP contribution in [0.4, 0.5) is 0 Å². The fraction of sp³-hybridized carbons (Fsp3) is 0.273. The van der Waals surface area contributed by atoms with Crippen molar-refractivity contribution in [1.29, 1.82) is 0 Å². The van der Waals surface area contributed by atoms with Crippen LogP contribution in [0.2, 0.25) is 0 Å². The Morgan fingerprint density at radius 3 is 2.44 bits per heavy atom. The average Bonchev–Trinajstić information content (AvgIpc) is 2.61. The van der Waals surface area contributed by atoms with Gasteiger partial charge in [-0.25, -0.2) is 9.48 Å². The van der Waals surface area contributed by atoms with Crippen LogP contribution in [-0.4, -0.2) is 30.6 Å². The van der Waals surface area contributed by atoms with E-state index < -0.39 is 17.1 Å². The van der Waals surface area contributed by atoms with E-state index in [1.54, 1.807) is 31.8 Å². The Morgan fingerprint density at radius 1 is 1.28 bits per heavy atom. The van der Waals surface area contributed by atoms with Crippen LogP contribution in [0.3, 0.4) is 0 Å². The lowest BCUT2D eigenvalue weighted by molar-refractivity contribution is 0.0686. The zero-order chi connectivity index (χ0) is 13.4. The Balaban J connectivity index is 2.70. The van der Waals surface area contributed by atoms with Gasteiger partial charge in [-0.05, 0) is 13.8 Å². The molecule has 0 bridgehead atoms. The van der Waals surface area contributed by atoms with Crippen LogP contribution < -0.4 is 5.43 Å². The van der Waals surface area contributed by atoms with Crippen LogP contribution in [0.25, 0.3) is 5.69 Å². The molecule has 0 saturated carbocycles. The van der Waals surface area contributed by atoms with E-state index in [-0.39, 0.29) is 0 Å². The lowest BCUT2D eigenvalue weighted by Crippen LogP contribution is -2.23. The molecule has 18 heavy (non-hydrogen) atoms. The molecule has 0 radical (unpaired) electrons. The first-order chi connectivity index (χ1) is 8.40. The highest BCUT2D eigenvalue weighted by molar-refractivity contribution is 5.85. The number of aromatic nitrogens is 4. The summed E-state index contributed by atoms with van der Waals surface area (Å²) in [5.74, 6) is -1.33. The van der Waals surface area contributed by atoms with Crippen LogP contribution in [0.15, 0.2) is 17.2 Å². The van der Waals surface area contributed by atoms with Crippen molar-refractivity contribution in [3.8, 4) is 5.69 Å². The van der Waals surface area contributed by atoms with E-state index in [4.69, 9.17) is 5.11 Å². The summed E-state index contributed by atoms with van der Waals surface area (Å²) in [5, 5.41) is 16.9. The second kappa shape index (κ2) is 4.10. The summed E-state index contributed by atoms with van der Waals surface area (Å²) in [5.41, 5.74) is 0.608. The highest BCUT2D eigenvalue weighted by Crippen LogP contribution is 2.10. The summed E-state index contributed by atoms with van der Waals surface area (Å²) in [4.78, 5) is 22.6. The van der Waals surface area contributed by atoms with Crippen LogP contribution >= 0.6 is 0 Å². The number of rotatable bonds is 2. The molecule has 0 amide bonds. The minimum Gasteiger partial charge on any atom is -0.476 e. The van der Waals surface area contributed by atoms with Crippen molar-refractivity contribution in [3.63, 3.8) is 0 Å². The Labute approximate surface area is 102 Å². The summed E-state index contributed by atoms with van der Waals surface area (Å²) in [7, 11) is 1.75. The molecule has 0 aliphatic rings. The maximum Gasteiger partial charge on any atom is 0.360 e. The number of aromatic carboxylic acids is 1. The number of carboxylic acid groups (broad SMARTS) is 1. The highest BCUT2D eigenvalue weighted by Gasteiger charge is 2.15. The molecule has 2 heterocycles. The molecule has 0 unspecified atom stereocenters. The van der Waals surface area contributed by atoms with E-state index in [9.17, 15) is 9.59 Å². The van der Waals surface area contributed by atoms with Crippen LogP contribution in [0, 0.1) is 13.8 Å². The Morgan fingerprint density at radius 2 is 1.94 bits per heavy atom. The molecular formula is C11H12N4O3.